The van der Waals surface area contributed by atoms with E-state index in [4.69, 9.17) is 9.73 Å². The van der Waals surface area contributed by atoms with E-state index in [0.29, 0.717) is 15.1 Å². The van der Waals surface area contributed by atoms with Gasteiger partial charge in [-0.2, -0.15) is 0 Å². The van der Waals surface area contributed by atoms with Crippen LogP contribution in [-0.4, -0.2) is 16.1 Å². The Labute approximate surface area is 171 Å². The summed E-state index contributed by atoms with van der Waals surface area (Å²) in [6, 6.07) is 15.2. The number of ether oxygens (including phenoxy) is 1. The van der Waals surface area contributed by atoms with Crippen LogP contribution in [0, 0.1) is 12.8 Å². The molecule has 2 aliphatic rings. The van der Waals surface area contributed by atoms with Crippen molar-refractivity contribution < 1.29 is 9.53 Å². The number of rotatable bonds is 2. The minimum Gasteiger partial charge on any atom is -0.465 e. The van der Waals surface area contributed by atoms with Crippen LogP contribution in [0.25, 0.3) is 6.08 Å². The zero-order valence-electron chi connectivity index (χ0n) is 16.4. The van der Waals surface area contributed by atoms with E-state index in [1.54, 1.807) is 11.5 Å². The van der Waals surface area contributed by atoms with Crippen molar-refractivity contribution in [3.05, 3.63) is 84.9 Å². The molecule has 0 radical (unpaired) electrons. The summed E-state index contributed by atoms with van der Waals surface area (Å²) >= 11 is 1.34. The molecule has 3 aromatic rings. The van der Waals surface area contributed by atoms with Gasteiger partial charge < -0.3 is 4.74 Å². The first-order valence-corrected chi connectivity index (χ1v) is 10.4. The van der Waals surface area contributed by atoms with Crippen LogP contribution in [-0.2, 0) is 4.79 Å². The highest BCUT2D eigenvalue weighted by atomic mass is 32.1. The maximum atomic E-state index is 13.4. The van der Waals surface area contributed by atoms with Gasteiger partial charge in [0.25, 0.3) is 5.56 Å². The van der Waals surface area contributed by atoms with Crippen LogP contribution >= 0.6 is 11.3 Å². The van der Waals surface area contributed by atoms with Gasteiger partial charge >= 0.3 is 0 Å². The lowest BCUT2D eigenvalue weighted by Crippen LogP contribution is -2.58. The summed E-state index contributed by atoms with van der Waals surface area (Å²) in [5.74, 6) is 0.0852. The van der Waals surface area contributed by atoms with E-state index in [0.717, 1.165) is 11.1 Å². The number of Topliss-reactive ketones (excluding diaryl/α,β-unsaturated/α-hetero) is 1. The van der Waals surface area contributed by atoms with Gasteiger partial charge in [0, 0.05) is 5.56 Å². The molecule has 0 spiro atoms. The predicted molar refractivity (Wildman–Crippen MR) is 112 cm³/mol. The number of carbonyl (C=O) groups excluding carboxylic acids is 1. The lowest BCUT2D eigenvalue weighted by molar-refractivity contribution is -0.132. The number of fused-ring (bicyclic) bond motifs is 6. The molecule has 5 nitrogen and oxygen atoms in total. The maximum absolute atomic E-state index is 13.4. The van der Waals surface area contributed by atoms with Gasteiger partial charge in [0.1, 0.15) is 17.5 Å². The summed E-state index contributed by atoms with van der Waals surface area (Å²) in [6.07, 6.45) is 1.88. The first kappa shape index (κ1) is 18.1. The van der Waals surface area contributed by atoms with Gasteiger partial charge in [0.2, 0.25) is 5.72 Å². The summed E-state index contributed by atoms with van der Waals surface area (Å²) in [6.45, 7) is 5.41. The number of thiazole rings is 1. The van der Waals surface area contributed by atoms with E-state index >= 15 is 0 Å². The second-order valence-corrected chi connectivity index (χ2v) is 8.83. The zero-order chi connectivity index (χ0) is 20.3. The first-order chi connectivity index (χ1) is 13.9. The Balaban J connectivity index is 1.80. The lowest BCUT2D eigenvalue weighted by Gasteiger charge is -2.45. The fourth-order valence-corrected chi connectivity index (χ4v) is 5.47. The minimum absolute atomic E-state index is 0.0384. The highest BCUT2D eigenvalue weighted by molar-refractivity contribution is 7.07. The monoisotopic (exact) mass is 404 g/mol. The number of para-hydroxylation sites is 1. The number of ketones is 1. The molecule has 5 rings (SSSR count). The quantitative estimate of drug-likeness (QED) is 0.660. The Morgan fingerprint density at radius 2 is 1.93 bits per heavy atom. The molecule has 6 heteroatoms. The van der Waals surface area contributed by atoms with Crippen molar-refractivity contribution in [3.8, 4) is 5.75 Å². The van der Waals surface area contributed by atoms with Gasteiger partial charge in [-0.15, -0.1) is 0 Å². The summed E-state index contributed by atoms with van der Waals surface area (Å²) in [5.41, 5.74) is 1.83. The second-order valence-electron chi connectivity index (χ2n) is 7.82. The predicted octanol–water partition coefficient (Wildman–Crippen LogP) is 2.58. The summed E-state index contributed by atoms with van der Waals surface area (Å²) in [4.78, 5) is 31.4. The molecule has 3 atom stereocenters. The first-order valence-electron chi connectivity index (χ1n) is 9.55. The number of hydrogen-bond donors (Lipinski definition) is 0. The molecule has 0 amide bonds. The lowest BCUT2D eigenvalue weighted by atomic mass is 9.79. The molecule has 29 heavy (non-hydrogen) atoms. The van der Waals surface area contributed by atoms with Crippen LogP contribution in [0.2, 0.25) is 0 Å². The van der Waals surface area contributed by atoms with Crippen molar-refractivity contribution in [2.24, 2.45) is 10.9 Å². The number of aromatic nitrogens is 1. The molecule has 0 saturated carbocycles. The van der Waals surface area contributed by atoms with Crippen molar-refractivity contribution in [2.45, 2.75) is 32.5 Å². The molecule has 0 N–H and O–H groups in total. The normalized spacial score (nSPS) is 24.9. The van der Waals surface area contributed by atoms with Gasteiger partial charge in [-0.1, -0.05) is 59.4 Å². The molecule has 1 aromatic heterocycles. The number of carbonyl (C=O) groups is 1. The van der Waals surface area contributed by atoms with Crippen molar-refractivity contribution in [1.82, 2.24) is 4.57 Å². The molecule has 0 fully saturated rings. The van der Waals surface area contributed by atoms with E-state index in [-0.39, 0.29) is 11.3 Å². The fourth-order valence-electron chi connectivity index (χ4n) is 4.37. The zero-order valence-corrected chi connectivity index (χ0v) is 17.2. The van der Waals surface area contributed by atoms with E-state index in [1.807, 2.05) is 68.5 Å². The second kappa shape index (κ2) is 6.26. The molecule has 0 saturated heterocycles. The molecular weight excluding hydrogens is 384 g/mol. The third-order valence-corrected chi connectivity index (χ3v) is 6.68. The summed E-state index contributed by atoms with van der Waals surface area (Å²) in [5, 5.41) is 0. The third-order valence-electron chi connectivity index (χ3n) is 5.69. The minimum atomic E-state index is -1.02. The smallest absolute Gasteiger partial charge is 0.270 e. The number of aryl methyl sites for hydroxylation is 1. The topological polar surface area (TPSA) is 60.7 Å². The van der Waals surface area contributed by atoms with Crippen molar-refractivity contribution in [1.29, 1.82) is 0 Å². The van der Waals surface area contributed by atoms with Crippen LogP contribution in [0.15, 0.2) is 58.3 Å². The SMILES string of the molecule is CC(=O)[C@H]1[C@@H]2c3ccccc3O[C@@]1(C)N=c1s/c(=C/c3ccc(C)cc3)c(=O)n12. The average molecular weight is 404 g/mol. The Morgan fingerprint density at radius 3 is 2.66 bits per heavy atom. The van der Waals surface area contributed by atoms with Gasteiger partial charge in [-0.05, 0) is 38.5 Å². The average Bonchev–Trinajstić information content (AvgIpc) is 2.96. The van der Waals surface area contributed by atoms with Crippen LogP contribution in [0.5, 0.6) is 5.75 Å². The highest BCUT2D eigenvalue weighted by Gasteiger charge is 2.53. The van der Waals surface area contributed by atoms with Crippen LogP contribution in [0.4, 0.5) is 0 Å². The Morgan fingerprint density at radius 1 is 1.21 bits per heavy atom. The highest BCUT2D eigenvalue weighted by Crippen LogP contribution is 2.47. The largest absolute Gasteiger partial charge is 0.465 e. The maximum Gasteiger partial charge on any atom is 0.270 e. The Bertz CT molecular complexity index is 1320. The third kappa shape index (κ3) is 2.70. The van der Waals surface area contributed by atoms with E-state index < -0.39 is 17.7 Å². The summed E-state index contributed by atoms with van der Waals surface area (Å²) in [7, 11) is 0. The van der Waals surface area contributed by atoms with Crippen molar-refractivity contribution >= 4 is 23.2 Å². The van der Waals surface area contributed by atoms with Crippen LogP contribution in [0.3, 0.4) is 0 Å². The molecule has 0 aliphatic carbocycles. The van der Waals surface area contributed by atoms with Crippen LogP contribution in [0.1, 0.15) is 36.6 Å². The van der Waals surface area contributed by atoms with Gasteiger partial charge in [0.15, 0.2) is 4.80 Å². The fraction of sp³-hybridized carbons (Fsp3) is 0.261. The molecule has 0 unspecified atom stereocenters. The van der Waals surface area contributed by atoms with Crippen molar-refractivity contribution in [3.63, 3.8) is 0 Å². The molecular formula is C23H20N2O3S. The molecule has 2 aliphatic heterocycles. The standard InChI is InChI=1S/C23H20N2O3S/c1-13-8-10-15(11-9-13)12-18-21(27)25-20-16-6-4-5-7-17(16)28-23(3,19(20)14(2)26)24-22(25)29-18/h4-12,19-20H,1-3H3/b18-12+/t19-,20-,23+/m0/s1. The van der Waals surface area contributed by atoms with Gasteiger partial charge in [-0.3, -0.25) is 14.2 Å². The van der Waals surface area contributed by atoms with E-state index in [1.165, 1.54) is 16.9 Å². The molecule has 3 heterocycles. The molecule has 146 valence electrons. The van der Waals surface area contributed by atoms with Gasteiger partial charge in [-0.25, -0.2) is 4.99 Å². The van der Waals surface area contributed by atoms with Crippen LogP contribution < -0.4 is 19.6 Å². The molecule has 2 aromatic carbocycles. The molecule has 2 bridgehead atoms. The van der Waals surface area contributed by atoms with E-state index in [9.17, 15) is 9.59 Å². The summed E-state index contributed by atoms with van der Waals surface area (Å²) < 4.78 is 8.48. The Hall–Kier alpha value is -2.99. The van der Waals surface area contributed by atoms with Gasteiger partial charge in [0.05, 0.1) is 10.6 Å². The number of benzene rings is 2. The number of hydrogen-bond acceptors (Lipinski definition) is 5. The van der Waals surface area contributed by atoms with E-state index in [2.05, 4.69) is 0 Å². The Kier molecular flexibility index (Phi) is 3.90. The number of nitrogens with zero attached hydrogens (tertiary/aromatic N) is 2. The van der Waals surface area contributed by atoms with Crippen molar-refractivity contribution in [2.75, 3.05) is 0 Å².